The summed E-state index contributed by atoms with van der Waals surface area (Å²) in [5, 5.41) is 4.48. The number of carbonyl (C=O) groups is 1. The molecule has 0 fully saturated rings. The zero-order valence-electron chi connectivity index (χ0n) is 13.9. The molecule has 1 amide bonds. The second kappa shape index (κ2) is 8.59. The first kappa shape index (κ1) is 19.6. The largest absolute Gasteiger partial charge is 0.352 e. The van der Waals surface area contributed by atoms with Gasteiger partial charge in [-0.1, -0.05) is 13.0 Å². The van der Waals surface area contributed by atoms with E-state index in [1.54, 1.807) is 42.0 Å². The van der Waals surface area contributed by atoms with E-state index in [1.807, 2.05) is 6.92 Å². The van der Waals surface area contributed by atoms with Crippen molar-refractivity contribution in [2.75, 3.05) is 17.5 Å². The maximum Gasteiger partial charge on any atom is 0.271 e. The van der Waals surface area contributed by atoms with E-state index in [-0.39, 0.29) is 15.4 Å². The van der Waals surface area contributed by atoms with E-state index in [2.05, 4.69) is 10.0 Å². The normalized spacial score (nSPS) is 13.8. The van der Waals surface area contributed by atoms with Crippen LogP contribution in [0.4, 0.5) is 5.69 Å². The third-order valence-electron chi connectivity index (χ3n) is 3.56. The van der Waals surface area contributed by atoms with E-state index in [0.29, 0.717) is 24.2 Å². The Kier molecular flexibility index (Phi) is 6.74. The molecule has 2 rings (SSSR count). The second-order valence-electron chi connectivity index (χ2n) is 5.47. The Morgan fingerprint density at radius 1 is 1.24 bits per heavy atom. The van der Waals surface area contributed by atoms with Gasteiger partial charge in [0.1, 0.15) is 4.21 Å². The van der Waals surface area contributed by atoms with Crippen molar-refractivity contribution in [1.29, 1.82) is 0 Å². The number of nitrogens with one attached hydrogen (secondary N) is 2. The van der Waals surface area contributed by atoms with Crippen molar-refractivity contribution < 1.29 is 17.4 Å². The summed E-state index contributed by atoms with van der Waals surface area (Å²) in [4.78, 5) is 12.1. The summed E-state index contributed by atoms with van der Waals surface area (Å²) in [5.74, 6) is -0.248. The van der Waals surface area contributed by atoms with Crippen LogP contribution in [0.15, 0.2) is 46.0 Å². The lowest BCUT2D eigenvalue weighted by Gasteiger charge is -2.10. The quantitative estimate of drug-likeness (QED) is 0.712. The number of amides is 1. The predicted octanol–water partition coefficient (Wildman–Crippen LogP) is 2.44. The van der Waals surface area contributed by atoms with E-state index in [1.165, 1.54) is 6.07 Å². The number of hydrogen-bond acceptors (Lipinski definition) is 5. The molecule has 0 aliphatic carbocycles. The molecule has 0 saturated carbocycles. The zero-order chi connectivity index (χ0) is 18.4. The van der Waals surface area contributed by atoms with Crippen LogP contribution < -0.4 is 10.0 Å². The summed E-state index contributed by atoms with van der Waals surface area (Å²) >= 11 is 1.13. The first-order chi connectivity index (χ1) is 11.8. The molecule has 136 valence electrons. The lowest BCUT2D eigenvalue weighted by molar-refractivity contribution is 0.0953. The summed E-state index contributed by atoms with van der Waals surface area (Å²) in [7, 11) is -4.51. The van der Waals surface area contributed by atoms with Crippen molar-refractivity contribution in [3.05, 3.63) is 47.3 Å². The number of carbonyl (C=O) groups excluding carboxylic acids is 1. The van der Waals surface area contributed by atoms with Gasteiger partial charge in [0.05, 0.1) is 0 Å². The van der Waals surface area contributed by atoms with E-state index in [9.17, 15) is 17.4 Å². The highest BCUT2D eigenvalue weighted by Crippen LogP contribution is 2.20. The van der Waals surface area contributed by atoms with Gasteiger partial charge in [0.25, 0.3) is 15.9 Å². The van der Waals surface area contributed by atoms with Gasteiger partial charge in [0.15, 0.2) is 0 Å². The van der Waals surface area contributed by atoms with Gasteiger partial charge < -0.3 is 5.32 Å². The van der Waals surface area contributed by atoms with E-state index in [4.69, 9.17) is 0 Å². The van der Waals surface area contributed by atoms with Gasteiger partial charge in [0.2, 0.25) is 0 Å². The number of benzene rings is 1. The van der Waals surface area contributed by atoms with Gasteiger partial charge >= 0.3 is 0 Å². The highest BCUT2D eigenvalue weighted by atomic mass is 32.2. The highest BCUT2D eigenvalue weighted by molar-refractivity contribution is 7.94. The maximum atomic E-state index is 12.1. The molecule has 0 aliphatic heterocycles. The van der Waals surface area contributed by atoms with E-state index in [0.717, 1.165) is 11.3 Å². The molecule has 0 unspecified atom stereocenters. The van der Waals surface area contributed by atoms with Crippen molar-refractivity contribution in [1.82, 2.24) is 5.32 Å². The molecule has 2 aromatic rings. The first-order valence-corrected chi connectivity index (χ1v) is 11.5. The Morgan fingerprint density at radius 3 is 2.48 bits per heavy atom. The molecule has 1 aromatic carbocycles. The van der Waals surface area contributed by atoms with Gasteiger partial charge in [-0.2, -0.15) is 0 Å². The number of thiophene rings is 1. The van der Waals surface area contributed by atoms with Crippen molar-refractivity contribution in [2.24, 2.45) is 0 Å². The molecular formula is C16H20N2O4S3. The van der Waals surface area contributed by atoms with Crippen LogP contribution in [0.5, 0.6) is 0 Å². The average Bonchev–Trinajstić information content (AvgIpc) is 3.10. The summed E-state index contributed by atoms with van der Waals surface area (Å²) < 4.78 is 38.3. The van der Waals surface area contributed by atoms with Crippen LogP contribution in [-0.4, -0.2) is 36.6 Å². The van der Waals surface area contributed by atoms with Crippen LogP contribution in [0.3, 0.4) is 0 Å². The number of rotatable bonds is 8. The third-order valence-corrected chi connectivity index (χ3v) is 7.71. The molecule has 0 spiro atoms. The highest BCUT2D eigenvalue weighted by Gasteiger charge is 2.15. The Bertz CT molecular complexity index is 831. The van der Waals surface area contributed by atoms with Gasteiger partial charge in [0, 0.05) is 40.1 Å². The molecule has 0 bridgehead atoms. The Hall–Kier alpha value is -1.71. The van der Waals surface area contributed by atoms with Gasteiger partial charge in [-0.15, -0.1) is 11.3 Å². The number of sulfonamides is 1. The minimum absolute atomic E-state index is 0.0225. The van der Waals surface area contributed by atoms with Crippen LogP contribution in [0.1, 0.15) is 23.7 Å². The van der Waals surface area contributed by atoms with Crippen molar-refractivity contribution in [3.63, 3.8) is 0 Å². The summed E-state index contributed by atoms with van der Waals surface area (Å²) in [5.41, 5.74) is 0.823. The Morgan fingerprint density at radius 2 is 1.92 bits per heavy atom. The van der Waals surface area contributed by atoms with Crippen LogP contribution >= 0.6 is 11.3 Å². The van der Waals surface area contributed by atoms with Gasteiger partial charge in [-0.05, 0) is 42.1 Å². The molecule has 0 radical (unpaired) electrons. The Balaban J connectivity index is 1.93. The lowest BCUT2D eigenvalue weighted by Crippen LogP contribution is -2.27. The predicted molar refractivity (Wildman–Crippen MR) is 102 cm³/mol. The fourth-order valence-electron chi connectivity index (χ4n) is 1.97. The molecule has 9 heteroatoms. The van der Waals surface area contributed by atoms with Crippen LogP contribution in [0.25, 0.3) is 0 Å². The first-order valence-electron chi connectivity index (χ1n) is 7.56. The average molecular weight is 401 g/mol. The minimum Gasteiger partial charge on any atom is -0.352 e. The van der Waals surface area contributed by atoms with Crippen molar-refractivity contribution in [3.8, 4) is 0 Å². The lowest BCUT2D eigenvalue weighted by atomic mass is 10.2. The second-order valence-corrected chi connectivity index (χ2v) is 10.1. The monoisotopic (exact) mass is 400 g/mol. The third kappa shape index (κ3) is 5.65. The SMILES string of the molecule is C[C@H](CCNC(=O)c1ccc(NS(=O)(=O)c2cccs2)cc1)[S@](C)=O. The molecular weight excluding hydrogens is 380 g/mol. The molecule has 1 heterocycles. The molecule has 0 saturated heterocycles. The summed E-state index contributed by atoms with van der Waals surface area (Å²) in [6.45, 7) is 2.31. The topological polar surface area (TPSA) is 92.3 Å². The molecule has 2 N–H and O–H groups in total. The standard InChI is InChI=1S/C16H20N2O4S3/c1-12(24(2)20)9-10-17-16(19)13-5-7-14(8-6-13)18-25(21,22)15-4-3-11-23-15/h3-8,11-12,18H,9-10H2,1-2H3,(H,17,19)/t12-,24+/m1/s1. The van der Waals surface area contributed by atoms with Gasteiger partial charge in [-0.3, -0.25) is 13.7 Å². The molecule has 6 nitrogen and oxygen atoms in total. The van der Waals surface area contributed by atoms with E-state index >= 15 is 0 Å². The molecule has 2 atom stereocenters. The van der Waals surface area contributed by atoms with Gasteiger partial charge in [-0.25, -0.2) is 8.42 Å². The van der Waals surface area contributed by atoms with Crippen LogP contribution in [-0.2, 0) is 20.8 Å². The minimum atomic E-state index is -3.60. The summed E-state index contributed by atoms with van der Waals surface area (Å²) in [6.07, 6.45) is 2.27. The maximum absolute atomic E-state index is 12.1. The molecule has 25 heavy (non-hydrogen) atoms. The van der Waals surface area contributed by atoms with E-state index < -0.39 is 20.8 Å². The molecule has 1 aromatic heterocycles. The fraction of sp³-hybridized carbons (Fsp3) is 0.312. The molecule has 0 aliphatic rings. The number of anilines is 1. The smallest absolute Gasteiger partial charge is 0.271 e. The van der Waals surface area contributed by atoms with Crippen molar-refractivity contribution in [2.45, 2.75) is 22.8 Å². The number of hydrogen-bond donors (Lipinski definition) is 2. The van der Waals surface area contributed by atoms with Crippen molar-refractivity contribution >= 4 is 43.8 Å². The fourth-order valence-corrected chi connectivity index (χ4v) is 4.47. The van der Waals surface area contributed by atoms with Crippen LogP contribution in [0, 0.1) is 0 Å². The zero-order valence-corrected chi connectivity index (χ0v) is 16.3. The summed E-state index contributed by atoms with van der Waals surface area (Å²) in [6, 6.07) is 9.40. The Labute approximate surface area is 154 Å². The van der Waals surface area contributed by atoms with Crippen LogP contribution in [0.2, 0.25) is 0 Å².